The fraction of sp³-hybridized carbons (Fsp3) is 0.484. The number of piperazine rings is 1. The average molecular weight is 559 g/mol. The average Bonchev–Trinajstić information content (AvgIpc) is 3.52. The Kier molecular flexibility index (Phi) is 8.41. The lowest BCUT2D eigenvalue weighted by Crippen LogP contribution is -2.52. The first-order valence-corrected chi connectivity index (χ1v) is 14.8. The molecule has 218 valence electrons. The molecule has 1 unspecified atom stereocenters. The van der Waals surface area contributed by atoms with E-state index in [4.69, 9.17) is 20.2 Å². The van der Waals surface area contributed by atoms with Crippen LogP contribution >= 0.6 is 0 Å². The van der Waals surface area contributed by atoms with Crippen LogP contribution in [0.25, 0.3) is 11.3 Å². The van der Waals surface area contributed by atoms with Crippen LogP contribution in [0.3, 0.4) is 0 Å². The van der Waals surface area contributed by atoms with Gasteiger partial charge in [0.05, 0.1) is 24.2 Å². The highest BCUT2D eigenvalue weighted by Gasteiger charge is 2.28. The number of benzene rings is 2. The van der Waals surface area contributed by atoms with Crippen molar-refractivity contribution in [2.75, 3.05) is 82.5 Å². The minimum atomic E-state index is 0.162. The van der Waals surface area contributed by atoms with Crippen LogP contribution in [-0.2, 0) is 0 Å². The fourth-order valence-electron chi connectivity index (χ4n) is 6.11. The first kappa shape index (κ1) is 27.6. The maximum absolute atomic E-state index is 6.33. The van der Waals surface area contributed by atoms with Crippen molar-refractivity contribution >= 4 is 23.0 Å². The molecule has 41 heavy (non-hydrogen) atoms. The number of anilines is 4. The van der Waals surface area contributed by atoms with Crippen molar-refractivity contribution < 1.29 is 9.47 Å². The molecule has 10 nitrogen and oxygen atoms in total. The Morgan fingerprint density at radius 2 is 1.78 bits per heavy atom. The van der Waals surface area contributed by atoms with Gasteiger partial charge in [-0.15, -0.1) is 0 Å². The molecule has 3 aliphatic rings. The summed E-state index contributed by atoms with van der Waals surface area (Å²) < 4.78 is 11.9. The number of piperidine rings is 1. The van der Waals surface area contributed by atoms with Crippen LogP contribution in [0.2, 0.25) is 0 Å². The summed E-state index contributed by atoms with van der Waals surface area (Å²) in [6, 6.07) is 14.6. The first-order chi connectivity index (χ1) is 20.1. The van der Waals surface area contributed by atoms with Crippen molar-refractivity contribution in [2.24, 2.45) is 0 Å². The van der Waals surface area contributed by atoms with Crippen LogP contribution in [-0.4, -0.2) is 98.4 Å². The van der Waals surface area contributed by atoms with E-state index < -0.39 is 0 Å². The van der Waals surface area contributed by atoms with Gasteiger partial charge in [-0.1, -0.05) is 0 Å². The minimum Gasteiger partial charge on any atom is -0.495 e. The van der Waals surface area contributed by atoms with Gasteiger partial charge in [-0.2, -0.15) is 0 Å². The zero-order valence-corrected chi connectivity index (χ0v) is 24.2. The van der Waals surface area contributed by atoms with E-state index in [1.165, 1.54) is 39.0 Å². The number of methoxy groups -OCH3 is 1. The van der Waals surface area contributed by atoms with Gasteiger partial charge in [-0.25, -0.2) is 9.97 Å². The largest absolute Gasteiger partial charge is 0.495 e. The lowest BCUT2D eigenvalue weighted by molar-refractivity contribution is 0.0981. The van der Waals surface area contributed by atoms with Crippen LogP contribution < -0.4 is 30.7 Å². The van der Waals surface area contributed by atoms with Crippen LogP contribution in [0.4, 0.5) is 23.0 Å². The third kappa shape index (κ3) is 6.50. The van der Waals surface area contributed by atoms with Crippen LogP contribution in [0.1, 0.15) is 19.3 Å². The number of hydrogen-bond donors (Lipinski definition) is 3. The van der Waals surface area contributed by atoms with Crippen molar-refractivity contribution in [2.45, 2.75) is 31.4 Å². The summed E-state index contributed by atoms with van der Waals surface area (Å²) in [5.41, 5.74) is 10.7. The van der Waals surface area contributed by atoms with Crippen molar-refractivity contribution in [3.63, 3.8) is 0 Å². The number of rotatable bonds is 8. The number of likely N-dealkylation sites (N-methyl/N-ethyl adjacent to an activating group) is 1. The lowest BCUT2D eigenvalue weighted by atomic mass is 10.0. The molecule has 4 N–H and O–H groups in total. The third-order valence-corrected chi connectivity index (χ3v) is 8.57. The van der Waals surface area contributed by atoms with E-state index in [-0.39, 0.29) is 6.10 Å². The van der Waals surface area contributed by atoms with Gasteiger partial charge < -0.3 is 35.6 Å². The van der Waals surface area contributed by atoms with E-state index in [1.54, 1.807) is 13.3 Å². The van der Waals surface area contributed by atoms with Gasteiger partial charge in [-0.3, -0.25) is 4.90 Å². The molecule has 3 saturated heterocycles. The highest BCUT2D eigenvalue weighted by molar-refractivity contribution is 5.70. The third-order valence-electron chi connectivity index (χ3n) is 8.57. The Balaban J connectivity index is 1.10. The summed E-state index contributed by atoms with van der Waals surface area (Å²) in [4.78, 5) is 16.8. The predicted octanol–water partition coefficient (Wildman–Crippen LogP) is 3.43. The van der Waals surface area contributed by atoms with E-state index >= 15 is 0 Å². The SMILES string of the molecule is COc1cc(Nc2nccc(-c3ccc(OC4CCNC4)c(N)c3)n2)ccc1N1CCC(N2CCN(C)CC2)CC1. The number of nitrogens with zero attached hydrogens (tertiary/aromatic N) is 5. The molecule has 0 saturated carbocycles. The Bertz CT molecular complexity index is 1320. The summed E-state index contributed by atoms with van der Waals surface area (Å²) in [6.07, 6.45) is 5.27. The van der Waals surface area contributed by atoms with E-state index in [9.17, 15) is 0 Å². The molecule has 0 amide bonds. The Morgan fingerprint density at radius 3 is 2.51 bits per heavy atom. The minimum absolute atomic E-state index is 0.162. The highest BCUT2D eigenvalue weighted by atomic mass is 16.5. The quantitative estimate of drug-likeness (QED) is 0.356. The van der Waals surface area contributed by atoms with Crippen LogP contribution in [0.5, 0.6) is 11.5 Å². The van der Waals surface area contributed by atoms with Gasteiger partial charge >= 0.3 is 0 Å². The molecule has 10 heteroatoms. The molecule has 1 atom stereocenters. The van der Waals surface area contributed by atoms with Gasteiger partial charge in [0.1, 0.15) is 17.6 Å². The zero-order valence-electron chi connectivity index (χ0n) is 24.2. The second-order valence-electron chi connectivity index (χ2n) is 11.3. The number of ether oxygens (including phenoxy) is 2. The Morgan fingerprint density at radius 1 is 0.951 bits per heavy atom. The molecule has 3 aliphatic heterocycles. The van der Waals surface area contributed by atoms with E-state index in [0.29, 0.717) is 23.4 Å². The van der Waals surface area contributed by atoms with Gasteiger partial charge in [-0.05, 0) is 69.3 Å². The zero-order chi connectivity index (χ0) is 28.2. The maximum Gasteiger partial charge on any atom is 0.227 e. The molecule has 0 radical (unpaired) electrons. The summed E-state index contributed by atoms with van der Waals surface area (Å²) in [5.74, 6) is 2.08. The normalized spacial score (nSPS) is 20.7. The summed E-state index contributed by atoms with van der Waals surface area (Å²) in [6.45, 7) is 8.60. The van der Waals surface area contributed by atoms with Gasteiger partial charge in [0.25, 0.3) is 0 Å². The maximum atomic E-state index is 6.33. The smallest absolute Gasteiger partial charge is 0.227 e. The fourth-order valence-corrected chi connectivity index (χ4v) is 6.11. The number of hydrogen-bond acceptors (Lipinski definition) is 10. The summed E-state index contributed by atoms with van der Waals surface area (Å²) >= 11 is 0. The molecule has 0 spiro atoms. The van der Waals surface area contributed by atoms with Crippen molar-refractivity contribution in [3.05, 3.63) is 48.7 Å². The Hall–Kier alpha value is -3.60. The molecule has 3 aromatic rings. The first-order valence-electron chi connectivity index (χ1n) is 14.8. The van der Waals surface area contributed by atoms with Gasteiger partial charge in [0, 0.05) is 75.4 Å². The molecule has 4 heterocycles. The number of aromatic nitrogens is 2. The Labute approximate surface area is 242 Å². The topological polar surface area (TPSA) is 104 Å². The number of nitrogens with one attached hydrogen (secondary N) is 2. The highest BCUT2D eigenvalue weighted by Crippen LogP contribution is 2.35. The number of nitrogen functional groups attached to an aromatic ring is 1. The van der Waals surface area contributed by atoms with E-state index in [0.717, 1.165) is 61.0 Å². The van der Waals surface area contributed by atoms with Crippen LogP contribution in [0, 0.1) is 0 Å². The molecule has 0 aliphatic carbocycles. The van der Waals surface area contributed by atoms with E-state index in [1.807, 2.05) is 30.3 Å². The second-order valence-corrected chi connectivity index (χ2v) is 11.3. The van der Waals surface area contributed by atoms with Gasteiger partial charge in [0.2, 0.25) is 5.95 Å². The molecule has 1 aromatic heterocycles. The summed E-state index contributed by atoms with van der Waals surface area (Å²) in [7, 11) is 3.95. The molecule has 0 bridgehead atoms. The molecule has 6 rings (SSSR count). The van der Waals surface area contributed by atoms with Gasteiger partial charge in [0.15, 0.2) is 0 Å². The molecular weight excluding hydrogens is 516 g/mol. The standard InChI is InChI=1S/C31H42N8O2/c1-37-15-17-38(18-16-37)24-9-13-39(14-10-24)28-5-4-23(20-30(28)40-2)35-31-34-12-8-27(36-31)22-3-6-29(26(32)19-22)41-25-7-11-33-21-25/h3-6,8,12,19-20,24-25,33H,7,9-11,13-18,21,32H2,1-2H3,(H,34,35,36). The second kappa shape index (κ2) is 12.5. The van der Waals surface area contributed by atoms with Crippen molar-refractivity contribution in [1.29, 1.82) is 0 Å². The summed E-state index contributed by atoms with van der Waals surface area (Å²) in [5, 5.41) is 6.67. The molecule has 2 aromatic carbocycles. The molecular formula is C31H42N8O2. The van der Waals surface area contributed by atoms with Crippen molar-refractivity contribution in [3.8, 4) is 22.8 Å². The van der Waals surface area contributed by atoms with Crippen LogP contribution in [0.15, 0.2) is 48.7 Å². The monoisotopic (exact) mass is 558 g/mol. The van der Waals surface area contributed by atoms with E-state index in [2.05, 4.69) is 49.5 Å². The predicted molar refractivity (Wildman–Crippen MR) is 164 cm³/mol. The molecule has 3 fully saturated rings. The lowest BCUT2D eigenvalue weighted by Gasteiger charge is -2.42. The number of nitrogens with two attached hydrogens (primary N) is 1. The van der Waals surface area contributed by atoms with Crippen molar-refractivity contribution in [1.82, 2.24) is 25.1 Å².